The molecule has 0 bridgehead atoms. The van der Waals surface area contributed by atoms with Crippen molar-refractivity contribution in [3.8, 4) is 17.0 Å². The van der Waals surface area contributed by atoms with Crippen LogP contribution in [0.25, 0.3) is 11.3 Å². The lowest BCUT2D eigenvalue weighted by atomic mass is 10.1. The monoisotopic (exact) mass is 345 g/mol. The molecule has 1 aromatic carbocycles. The molecule has 1 aromatic heterocycles. The number of H-pyrrole nitrogens is 1. The van der Waals surface area contributed by atoms with Gasteiger partial charge in [-0.3, -0.25) is 10.1 Å². The molecule has 3 amide bonds. The third-order valence-corrected chi connectivity index (χ3v) is 3.52. The minimum absolute atomic E-state index is 0.149. The Labute approximate surface area is 146 Å². The number of benzene rings is 1. The van der Waals surface area contributed by atoms with E-state index in [0.29, 0.717) is 18.1 Å². The van der Waals surface area contributed by atoms with E-state index in [9.17, 15) is 9.59 Å². The number of aromatic amines is 1. The molecule has 6 N–H and O–H groups in total. The summed E-state index contributed by atoms with van der Waals surface area (Å²) in [4.78, 5) is 27.7. The van der Waals surface area contributed by atoms with E-state index in [4.69, 9.17) is 16.2 Å². The normalized spacial score (nSPS) is 10.7. The minimum atomic E-state index is -0.788. The molecule has 8 nitrogen and oxygen atoms in total. The number of nitrogens with one attached hydrogen (secondary N) is 2. The molecule has 0 aliphatic carbocycles. The van der Waals surface area contributed by atoms with Crippen LogP contribution in [0.15, 0.2) is 30.3 Å². The Kier molecular flexibility index (Phi) is 6.02. The largest absolute Gasteiger partial charge is 0.493 e. The van der Waals surface area contributed by atoms with E-state index in [1.165, 1.54) is 0 Å². The van der Waals surface area contributed by atoms with Crippen molar-refractivity contribution in [1.29, 1.82) is 0 Å². The molecule has 8 heteroatoms. The van der Waals surface area contributed by atoms with Gasteiger partial charge in [-0.05, 0) is 38.7 Å². The van der Waals surface area contributed by atoms with E-state index in [2.05, 4.69) is 15.2 Å². The maximum atomic E-state index is 11.6. The number of anilines is 1. The number of aromatic nitrogens is 1. The standard InChI is InChI=1S/C17H23N5O3/c1-22(2)8-5-9-25-14-7-4-3-6-11(14)13-10-12(15(18)23)16(20-13)21-17(19)24/h3-4,6-7,10,20H,5,8-9H2,1-2H3,(H2,18,23)(H3,19,21,24). The van der Waals surface area contributed by atoms with Crippen LogP contribution in [-0.2, 0) is 0 Å². The molecule has 0 aliphatic rings. The second-order valence-electron chi connectivity index (χ2n) is 5.83. The van der Waals surface area contributed by atoms with Crippen molar-refractivity contribution in [1.82, 2.24) is 9.88 Å². The highest BCUT2D eigenvalue weighted by atomic mass is 16.5. The summed E-state index contributed by atoms with van der Waals surface area (Å²) >= 11 is 0. The maximum Gasteiger partial charge on any atom is 0.317 e. The van der Waals surface area contributed by atoms with Crippen LogP contribution in [0, 0.1) is 0 Å². The van der Waals surface area contributed by atoms with Crippen molar-refractivity contribution in [2.75, 3.05) is 32.6 Å². The number of nitrogens with two attached hydrogens (primary N) is 2. The zero-order valence-electron chi connectivity index (χ0n) is 14.3. The minimum Gasteiger partial charge on any atom is -0.493 e. The summed E-state index contributed by atoms with van der Waals surface area (Å²) in [5.41, 5.74) is 12.0. The predicted molar refractivity (Wildman–Crippen MR) is 96.6 cm³/mol. The van der Waals surface area contributed by atoms with Gasteiger partial charge in [0.15, 0.2) is 0 Å². The zero-order chi connectivity index (χ0) is 18.4. The van der Waals surface area contributed by atoms with Gasteiger partial charge in [-0.1, -0.05) is 12.1 Å². The molecule has 0 spiro atoms. The van der Waals surface area contributed by atoms with Crippen LogP contribution in [0.2, 0.25) is 0 Å². The summed E-state index contributed by atoms with van der Waals surface area (Å²) in [5, 5.41) is 2.37. The van der Waals surface area contributed by atoms with E-state index < -0.39 is 11.9 Å². The average Bonchev–Trinajstić information content (AvgIpc) is 2.95. The van der Waals surface area contributed by atoms with Crippen LogP contribution >= 0.6 is 0 Å². The maximum absolute atomic E-state index is 11.6. The Hall–Kier alpha value is -3.00. The first-order valence-electron chi connectivity index (χ1n) is 7.84. The van der Waals surface area contributed by atoms with E-state index in [-0.39, 0.29) is 11.4 Å². The summed E-state index contributed by atoms with van der Waals surface area (Å²) in [6, 6.07) is 8.20. The summed E-state index contributed by atoms with van der Waals surface area (Å²) in [7, 11) is 4.01. The molecule has 1 heterocycles. The van der Waals surface area contributed by atoms with E-state index >= 15 is 0 Å². The van der Waals surface area contributed by atoms with Crippen LogP contribution in [0.1, 0.15) is 16.8 Å². The van der Waals surface area contributed by atoms with Gasteiger partial charge in [-0.2, -0.15) is 0 Å². The number of hydrogen-bond acceptors (Lipinski definition) is 4. The first kappa shape index (κ1) is 18.3. The molecule has 0 saturated heterocycles. The van der Waals surface area contributed by atoms with Gasteiger partial charge < -0.3 is 26.1 Å². The Morgan fingerprint density at radius 3 is 2.60 bits per heavy atom. The van der Waals surface area contributed by atoms with E-state index in [0.717, 1.165) is 18.5 Å². The first-order chi connectivity index (χ1) is 11.9. The second-order valence-corrected chi connectivity index (χ2v) is 5.83. The van der Waals surface area contributed by atoms with Crippen LogP contribution in [0.5, 0.6) is 5.75 Å². The lowest BCUT2D eigenvalue weighted by Crippen LogP contribution is -2.22. The highest BCUT2D eigenvalue weighted by Crippen LogP contribution is 2.32. The zero-order valence-corrected chi connectivity index (χ0v) is 14.3. The van der Waals surface area contributed by atoms with Crippen molar-refractivity contribution in [3.63, 3.8) is 0 Å². The fourth-order valence-corrected chi connectivity index (χ4v) is 2.39. The topological polar surface area (TPSA) is 126 Å². The number of carbonyl (C=O) groups excluding carboxylic acids is 2. The highest BCUT2D eigenvalue weighted by molar-refractivity contribution is 6.03. The highest BCUT2D eigenvalue weighted by Gasteiger charge is 2.17. The molecular weight excluding hydrogens is 322 g/mol. The number of nitrogens with zero attached hydrogens (tertiary/aromatic N) is 1. The smallest absolute Gasteiger partial charge is 0.317 e. The van der Waals surface area contributed by atoms with Crippen LogP contribution in [0.4, 0.5) is 10.6 Å². The molecule has 2 rings (SSSR count). The van der Waals surface area contributed by atoms with Crippen LogP contribution in [-0.4, -0.2) is 49.1 Å². The molecule has 25 heavy (non-hydrogen) atoms. The Bertz CT molecular complexity index is 754. The van der Waals surface area contributed by atoms with Crippen molar-refractivity contribution in [2.45, 2.75) is 6.42 Å². The Morgan fingerprint density at radius 1 is 1.24 bits per heavy atom. The van der Waals surface area contributed by atoms with Crippen LogP contribution < -0.4 is 21.5 Å². The number of hydrogen-bond donors (Lipinski definition) is 4. The van der Waals surface area contributed by atoms with Gasteiger partial charge >= 0.3 is 6.03 Å². The molecule has 0 fully saturated rings. The number of amides is 3. The quantitative estimate of drug-likeness (QED) is 0.542. The molecular formula is C17H23N5O3. The first-order valence-corrected chi connectivity index (χ1v) is 7.84. The fourth-order valence-electron chi connectivity index (χ4n) is 2.39. The van der Waals surface area contributed by atoms with E-state index in [1.807, 2.05) is 38.4 Å². The predicted octanol–water partition coefficient (Wildman–Crippen LogP) is 1.60. The summed E-state index contributed by atoms with van der Waals surface area (Å²) in [6.45, 7) is 1.48. The number of ether oxygens (including phenoxy) is 1. The van der Waals surface area contributed by atoms with E-state index in [1.54, 1.807) is 6.07 Å². The molecule has 0 unspecified atom stereocenters. The van der Waals surface area contributed by atoms with Gasteiger partial charge in [0.25, 0.3) is 5.91 Å². The van der Waals surface area contributed by atoms with Gasteiger partial charge in [-0.25, -0.2) is 4.79 Å². The van der Waals surface area contributed by atoms with Crippen molar-refractivity contribution >= 4 is 17.8 Å². The fraction of sp³-hybridized carbons (Fsp3) is 0.294. The molecule has 0 saturated carbocycles. The van der Waals surface area contributed by atoms with Crippen LogP contribution in [0.3, 0.4) is 0 Å². The molecule has 0 radical (unpaired) electrons. The molecule has 2 aromatic rings. The lowest BCUT2D eigenvalue weighted by molar-refractivity contribution is 0.100. The number of carbonyl (C=O) groups is 2. The third kappa shape index (κ3) is 4.98. The summed E-state index contributed by atoms with van der Waals surface area (Å²) < 4.78 is 5.86. The van der Waals surface area contributed by atoms with Gasteiger partial charge in [0.05, 0.1) is 17.9 Å². The van der Waals surface area contributed by atoms with Gasteiger partial charge in [0.2, 0.25) is 0 Å². The van der Waals surface area contributed by atoms with Crippen molar-refractivity contribution in [2.24, 2.45) is 11.5 Å². The third-order valence-electron chi connectivity index (χ3n) is 3.52. The second kappa shape index (κ2) is 8.20. The summed E-state index contributed by atoms with van der Waals surface area (Å²) in [5.74, 6) is 0.164. The van der Waals surface area contributed by atoms with Crippen molar-refractivity contribution in [3.05, 3.63) is 35.9 Å². The van der Waals surface area contributed by atoms with Crippen molar-refractivity contribution < 1.29 is 14.3 Å². The Morgan fingerprint density at radius 2 is 1.96 bits per heavy atom. The number of para-hydroxylation sites is 1. The lowest BCUT2D eigenvalue weighted by Gasteiger charge is -2.12. The molecule has 134 valence electrons. The van der Waals surface area contributed by atoms with Gasteiger partial charge in [0.1, 0.15) is 11.6 Å². The van der Waals surface area contributed by atoms with Gasteiger partial charge in [0, 0.05) is 12.1 Å². The number of rotatable bonds is 8. The summed E-state index contributed by atoms with van der Waals surface area (Å²) in [6.07, 6.45) is 0.882. The Balaban J connectivity index is 2.26. The SMILES string of the molecule is CN(C)CCCOc1ccccc1-c1cc(C(N)=O)c(NC(N)=O)[nH]1. The van der Waals surface area contributed by atoms with Gasteiger partial charge in [-0.15, -0.1) is 0 Å². The molecule has 0 aliphatic heterocycles. The number of primary amides is 2. The molecule has 0 atom stereocenters. The number of urea groups is 1. The average molecular weight is 345 g/mol.